The van der Waals surface area contributed by atoms with E-state index in [1.165, 1.54) is 5.48 Å². The Labute approximate surface area is 155 Å². The molecule has 0 aliphatic heterocycles. The van der Waals surface area contributed by atoms with E-state index in [-0.39, 0.29) is 6.54 Å². The molecule has 6 nitrogen and oxygen atoms in total. The van der Waals surface area contributed by atoms with Crippen molar-refractivity contribution in [2.75, 3.05) is 7.11 Å². The predicted molar refractivity (Wildman–Crippen MR) is 95.6 cm³/mol. The standard InChI is InChI=1S/C19H22F2N2O4/c1-19(25,18(20)21)16(17(24)23-26)22-11-12-6-8-13(9-7-12)14-4-3-5-15(10-14)27-2/h3-10,16,18,22,25-26H,11H2,1-2H3,(H,23,24). The molecule has 0 aliphatic carbocycles. The van der Waals surface area contributed by atoms with E-state index in [1.54, 1.807) is 19.2 Å². The molecular weight excluding hydrogens is 358 g/mol. The van der Waals surface area contributed by atoms with Crippen LogP contribution in [-0.4, -0.2) is 41.4 Å². The van der Waals surface area contributed by atoms with E-state index in [9.17, 15) is 18.7 Å². The number of aliphatic hydroxyl groups is 1. The molecule has 2 unspecified atom stereocenters. The van der Waals surface area contributed by atoms with Gasteiger partial charge in [0.25, 0.3) is 12.3 Å². The van der Waals surface area contributed by atoms with Crippen molar-refractivity contribution >= 4 is 5.91 Å². The second kappa shape index (κ2) is 8.90. The molecule has 0 saturated carbocycles. The van der Waals surface area contributed by atoms with Crippen LogP contribution in [0.1, 0.15) is 12.5 Å². The van der Waals surface area contributed by atoms with Crippen LogP contribution in [-0.2, 0) is 11.3 Å². The minimum Gasteiger partial charge on any atom is -0.497 e. The van der Waals surface area contributed by atoms with Crippen LogP contribution in [0.2, 0.25) is 0 Å². The third-order valence-electron chi connectivity index (χ3n) is 4.27. The zero-order chi connectivity index (χ0) is 20.0. The summed E-state index contributed by atoms with van der Waals surface area (Å²) >= 11 is 0. The molecule has 0 spiro atoms. The number of nitrogens with one attached hydrogen (secondary N) is 2. The summed E-state index contributed by atoms with van der Waals surface area (Å²) in [6, 6.07) is 13.1. The molecule has 2 aromatic rings. The number of hydroxylamine groups is 1. The van der Waals surface area contributed by atoms with E-state index >= 15 is 0 Å². The van der Waals surface area contributed by atoms with E-state index in [0.29, 0.717) is 5.56 Å². The van der Waals surface area contributed by atoms with Gasteiger partial charge in [0.1, 0.15) is 17.4 Å². The van der Waals surface area contributed by atoms with Gasteiger partial charge in [-0.2, -0.15) is 0 Å². The molecule has 27 heavy (non-hydrogen) atoms. The van der Waals surface area contributed by atoms with Gasteiger partial charge < -0.3 is 9.84 Å². The highest BCUT2D eigenvalue weighted by Crippen LogP contribution is 2.24. The number of hydrogen-bond donors (Lipinski definition) is 4. The van der Waals surface area contributed by atoms with Gasteiger partial charge in [0.2, 0.25) is 0 Å². The van der Waals surface area contributed by atoms with Crippen molar-refractivity contribution in [1.29, 1.82) is 0 Å². The van der Waals surface area contributed by atoms with Crippen LogP contribution in [0.3, 0.4) is 0 Å². The summed E-state index contributed by atoms with van der Waals surface area (Å²) in [6.45, 7) is 0.871. The number of alkyl halides is 2. The minimum atomic E-state index is -3.18. The van der Waals surface area contributed by atoms with Gasteiger partial charge in [0.05, 0.1) is 7.11 Å². The first-order valence-corrected chi connectivity index (χ1v) is 8.20. The molecular formula is C19H22F2N2O4. The van der Waals surface area contributed by atoms with E-state index in [0.717, 1.165) is 23.8 Å². The molecule has 0 heterocycles. The summed E-state index contributed by atoms with van der Waals surface area (Å²) in [5.74, 6) is -0.418. The Bertz CT molecular complexity index is 767. The van der Waals surface area contributed by atoms with Crippen molar-refractivity contribution in [2.45, 2.75) is 31.5 Å². The lowest BCUT2D eigenvalue weighted by atomic mass is 9.95. The zero-order valence-corrected chi connectivity index (χ0v) is 14.9. The molecule has 8 heteroatoms. The third-order valence-corrected chi connectivity index (χ3v) is 4.27. The van der Waals surface area contributed by atoms with Crippen molar-refractivity contribution in [1.82, 2.24) is 10.8 Å². The molecule has 146 valence electrons. The quantitative estimate of drug-likeness (QED) is 0.417. The maximum Gasteiger partial charge on any atom is 0.268 e. The van der Waals surface area contributed by atoms with Crippen LogP contribution < -0.4 is 15.5 Å². The second-order valence-electron chi connectivity index (χ2n) is 6.25. The smallest absolute Gasteiger partial charge is 0.268 e. The van der Waals surface area contributed by atoms with Gasteiger partial charge in [-0.25, -0.2) is 14.3 Å². The van der Waals surface area contributed by atoms with Crippen LogP contribution >= 0.6 is 0 Å². The molecule has 1 amide bonds. The van der Waals surface area contributed by atoms with Gasteiger partial charge in [0.15, 0.2) is 0 Å². The average Bonchev–Trinajstić information content (AvgIpc) is 2.68. The predicted octanol–water partition coefficient (Wildman–Crippen LogP) is 2.34. The molecule has 2 atom stereocenters. The number of methoxy groups -OCH3 is 1. The normalized spacial score (nSPS) is 14.5. The molecule has 4 N–H and O–H groups in total. The van der Waals surface area contributed by atoms with Crippen molar-refractivity contribution in [2.24, 2.45) is 0 Å². The number of rotatable bonds is 8. The Morgan fingerprint density at radius 2 is 1.85 bits per heavy atom. The first-order chi connectivity index (χ1) is 12.8. The summed E-state index contributed by atoms with van der Waals surface area (Å²) < 4.78 is 31.2. The first kappa shape index (κ1) is 20.8. The average molecular weight is 380 g/mol. The third kappa shape index (κ3) is 5.00. The summed E-state index contributed by atoms with van der Waals surface area (Å²) in [4.78, 5) is 11.7. The van der Waals surface area contributed by atoms with Crippen molar-refractivity contribution in [3.05, 3.63) is 54.1 Å². The Morgan fingerprint density at radius 3 is 2.41 bits per heavy atom. The highest BCUT2D eigenvalue weighted by atomic mass is 19.3. The van der Waals surface area contributed by atoms with Crippen LogP contribution in [0.4, 0.5) is 8.78 Å². The highest BCUT2D eigenvalue weighted by Gasteiger charge is 2.44. The molecule has 0 saturated heterocycles. The lowest BCUT2D eigenvalue weighted by Crippen LogP contribution is -2.60. The summed E-state index contributed by atoms with van der Waals surface area (Å²) in [5, 5.41) is 21.2. The highest BCUT2D eigenvalue weighted by molar-refractivity contribution is 5.82. The van der Waals surface area contributed by atoms with Gasteiger partial charge in [-0.1, -0.05) is 36.4 Å². The molecule has 0 fully saturated rings. The van der Waals surface area contributed by atoms with Crippen LogP contribution in [0.5, 0.6) is 5.75 Å². The largest absolute Gasteiger partial charge is 0.497 e. The van der Waals surface area contributed by atoms with Gasteiger partial charge in [-0.05, 0) is 35.7 Å². The monoisotopic (exact) mass is 380 g/mol. The maximum atomic E-state index is 13.0. The van der Waals surface area contributed by atoms with Crippen LogP contribution in [0.15, 0.2) is 48.5 Å². The summed E-state index contributed by atoms with van der Waals surface area (Å²) in [6.07, 6.45) is -3.18. The Morgan fingerprint density at radius 1 is 1.19 bits per heavy atom. The van der Waals surface area contributed by atoms with Crippen LogP contribution in [0, 0.1) is 0 Å². The molecule has 0 aliphatic rings. The summed E-state index contributed by atoms with van der Waals surface area (Å²) in [5.41, 5.74) is 1.25. The van der Waals surface area contributed by atoms with E-state index in [1.807, 2.05) is 36.4 Å². The second-order valence-corrected chi connectivity index (χ2v) is 6.25. The van der Waals surface area contributed by atoms with E-state index in [2.05, 4.69) is 5.32 Å². The number of hydrogen-bond acceptors (Lipinski definition) is 5. The van der Waals surface area contributed by atoms with Crippen molar-refractivity contribution < 1.29 is 28.6 Å². The number of benzene rings is 2. The van der Waals surface area contributed by atoms with Crippen molar-refractivity contribution in [3.8, 4) is 16.9 Å². The van der Waals surface area contributed by atoms with Crippen LogP contribution in [0.25, 0.3) is 11.1 Å². The number of halogens is 2. The topological polar surface area (TPSA) is 90.8 Å². The van der Waals surface area contributed by atoms with Gasteiger partial charge >= 0.3 is 0 Å². The number of carbonyl (C=O) groups is 1. The maximum absolute atomic E-state index is 13.0. The lowest BCUT2D eigenvalue weighted by Gasteiger charge is -2.31. The van der Waals surface area contributed by atoms with Gasteiger partial charge in [-0.15, -0.1) is 0 Å². The van der Waals surface area contributed by atoms with Gasteiger partial charge in [0, 0.05) is 6.54 Å². The Hall–Kier alpha value is -2.55. The Kier molecular flexibility index (Phi) is 6.84. The van der Waals surface area contributed by atoms with E-state index in [4.69, 9.17) is 9.94 Å². The first-order valence-electron chi connectivity index (χ1n) is 8.20. The Balaban J connectivity index is 2.11. The molecule has 0 bridgehead atoms. The van der Waals surface area contributed by atoms with Crippen molar-refractivity contribution in [3.63, 3.8) is 0 Å². The lowest BCUT2D eigenvalue weighted by molar-refractivity contribution is -0.150. The van der Waals surface area contributed by atoms with Gasteiger partial charge in [-0.3, -0.25) is 15.3 Å². The number of ether oxygens (including phenoxy) is 1. The number of amides is 1. The fraction of sp³-hybridized carbons (Fsp3) is 0.316. The fourth-order valence-electron chi connectivity index (χ4n) is 2.59. The number of carbonyl (C=O) groups excluding carboxylic acids is 1. The molecule has 0 aromatic heterocycles. The molecule has 2 rings (SSSR count). The summed E-state index contributed by atoms with van der Waals surface area (Å²) in [7, 11) is 1.58. The minimum absolute atomic E-state index is 0.0410. The fourth-order valence-corrected chi connectivity index (χ4v) is 2.59. The zero-order valence-electron chi connectivity index (χ0n) is 14.9. The molecule has 2 aromatic carbocycles. The molecule has 0 radical (unpaired) electrons. The van der Waals surface area contributed by atoms with E-state index < -0.39 is 24.0 Å². The SMILES string of the molecule is COc1cccc(-c2ccc(CNC(C(=O)NO)C(C)(O)C(F)F)cc2)c1.